The topological polar surface area (TPSA) is 39.4 Å². The Morgan fingerprint density at radius 1 is 1.32 bits per heavy atom. The minimum absolute atomic E-state index is 0.0407. The summed E-state index contributed by atoms with van der Waals surface area (Å²) < 4.78 is 24.5. The van der Waals surface area contributed by atoms with Gasteiger partial charge in [-0.3, -0.25) is 0 Å². The van der Waals surface area contributed by atoms with E-state index in [9.17, 15) is 9.18 Å². The number of halogens is 1. The van der Waals surface area contributed by atoms with Crippen LogP contribution in [0.1, 0.15) is 37.8 Å². The molecule has 1 aliphatic rings. The molecule has 1 aliphatic heterocycles. The first-order valence-corrected chi connectivity index (χ1v) is 6.27. The zero-order chi connectivity index (χ0) is 13.9. The Morgan fingerprint density at radius 2 is 2.00 bits per heavy atom. The molecule has 100 valence electrons. The fourth-order valence-electron chi connectivity index (χ4n) is 2.61. The van der Waals surface area contributed by atoms with Crippen molar-refractivity contribution in [3.05, 3.63) is 39.5 Å². The van der Waals surface area contributed by atoms with Crippen molar-refractivity contribution in [3.63, 3.8) is 0 Å². The Morgan fingerprint density at radius 3 is 2.68 bits per heavy atom. The maximum Gasteiger partial charge on any atom is 0.379 e. The molecule has 1 atom stereocenters. The van der Waals surface area contributed by atoms with Crippen molar-refractivity contribution in [2.75, 3.05) is 0 Å². The van der Waals surface area contributed by atoms with Crippen LogP contribution in [0.3, 0.4) is 0 Å². The Balaban J connectivity index is 2.47. The monoisotopic (exact) mass is 262 g/mol. The summed E-state index contributed by atoms with van der Waals surface area (Å²) in [6.45, 7) is 7.47. The molecule has 0 amide bonds. The predicted octanol–water partition coefficient (Wildman–Crippen LogP) is 3.52. The average Bonchev–Trinajstić information content (AvgIpc) is 2.58. The highest BCUT2D eigenvalue weighted by atomic mass is 19.1. The van der Waals surface area contributed by atoms with E-state index < -0.39 is 11.2 Å². The molecule has 0 saturated heterocycles. The van der Waals surface area contributed by atoms with Crippen molar-refractivity contribution in [1.82, 2.24) is 0 Å². The highest BCUT2D eigenvalue weighted by Crippen LogP contribution is 2.46. The van der Waals surface area contributed by atoms with E-state index in [-0.39, 0.29) is 17.5 Å². The minimum atomic E-state index is -0.534. The molecule has 2 heterocycles. The lowest BCUT2D eigenvalue weighted by molar-refractivity contribution is 0.112. The molecule has 19 heavy (non-hydrogen) atoms. The molecule has 0 bridgehead atoms. The molecule has 4 heteroatoms. The zero-order valence-corrected chi connectivity index (χ0v) is 11.3. The summed E-state index contributed by atoms with van der Waals surface area (Å²) in [6.07, 6.45) is 0. The molecule has 0 spiro atoms. The largest absolute Gasteiger partial charge is 0.480 e. The van der Waals surface area contributed by atoms with Gasteiger partial charge in [0, 0.05) is 22.4 Å². The molecule has 0 N–H and O–H groups in total. The van der Waals surface area contributed by atoms with Gasteiger partial charge in [-0.25, -0.2) is 9.18 Å². The van der Waals surface area contributed by atoms with Gasteiger partial charge < -0.3 is 9.15 Å². The van der Waals surface area contributed by atoms with E-state index in [1.54, 1.807) is 13.0 Å². The first kappa shape index (κ1) is 12.2. The molecule has 0 aliphatic carbocycles. The first-order chi connectivity index (χ1) is 8.83. The Hall–Kier alpha value is -1.84. The van der Waals surface area contributed by atoms with Crippen molar-refractivity contribution >= 4 is 11.0 Å². The Labute approximate surface area is 110 Å². The lowest BCUT2D eigenvalue weighted by Gasteiger charge is -2.22. The van der Waals surface area contributed by atoms with Crippen LogP contribution in [0.4, 0.5) is 4.39 Å². The fourth-order valence-corrected chi connectivity index (χ4v) is 2.61. The summed E-state index contributed by atoms with van der Waals surface area (Å²) in [7, 11) is 0. The second-order valence-electron chi connectivity index (χ2n) is 5.61. The fraction of sp³-hybridized carbons (Fsp3) is 0.400. The normalized spacial score (nSPS) is 20.4. The third-order valence-electron chi connectivity index (χ3n) is 4.10. The van der Waals surface area contributed by atoms with Gasteiger partial charge in [-0.1, -0.05) is 6.92 Å². The van der Waals surface area contributed by atoms with Crippen molar-refractivity contribution in [1.29, 1.82) is 0 Å². The lowest BCUT2D eigenvalue weighted by Crippen LogP contribution is -2.28. The van der Waals surface area contributed by atoms with Gasteiger partial charge in [-0.2, -0.15) is 0 Å². The molecule has 2 aromatic rings. The third kappa shape index (κ3) is 1.52. The molecule has 0 radical (unpaired) electrons. The second kappa shape index (κ2) is 3.59. The van der Waals surface area contributed by atoms with Gasteiger partial charge in [0.25, 0.3) is 0 Å². The molecule has 3 nitrogen and oxygen atoms in total. The maximum atomic E-state index is 13.6. The number of hydrogen-bond acceptors (Lipinski definition) is 3. The van der Waals surface area contributed by atoms with Gasteiger partial charge >= 0.3 is 5.63 Å². The van der Waals surface area contributed by atoms with E-state index in [4.69, 9.17) is 9.15 Å². The van der Waals surface area contributed by atoms with Gasteiger partial charge in [-0.05, 0) is 32.9 Å². The van der Waals surface area contributed by atoms with Crippen LogP contribution in [-0.4, -0.2) is 5.60 Å². The standard InChI is InChI=1S/C15H15FO3/c1-7-10(16)6-5-9-11-8(2)15(3,4)19-13(11)14(17)18-12(7)9/h5-6,8H,1-4H3/t8-/m0/s1. The minimum Gasteiger partial charge on any atom is -0.480 e. The van der Waals surface area contributed by atoms with Crippen molar-refractivity contribution in [2.24, 2.45) is 0 Å². The van der Waals surface area contributed by atoms with Crippen LogP contribution >= 0.6 is 0 Å². The molecule has 0 unspecified atom stereocenters. The quantitative estimate of drug-likeness (QED) is 0.682. The average molecular weight is 262 g/mol. The number of benzene rings is 1. The van der Waals surface area contributed by atoms with Gasteiger partial charge in [0.15, 0.2) is 0 Å². The summed E-state index contributed by atoms with van der Waals surface area (Å²) in [4.78, 5) is 12.0. The number of ether oxygens (including phenoxy) is 1. The predicted molar refractivity (Wildman–Crippen MR) is 70.3 cm³/mol. The first-order valence-electron chi connectivity index (χ1n) is 6.27. The Kier molecular flexibility index (Phi) is 2.31. The zero-order valence-electron chi connectivity index (χ0n) is 11.3. The summed E-state index contributed by atoms with van der Waals surface area (Å²) >= 11 is 0. The number of aryl methyl sites for hydroxylation is 1. The second-order valence-corrected chi connectivity index (χ2v) is 5.61. The van der Waals surface area contributed by atoms with Crippen molar-refractivity contribution < 1.29 is 13.5 Å². The lowest BCUT2D eigenvalue weighted by atomic mass is 9.87. The molecular formula is C15H15FO3. The van der Waals surface area contributed by atoms with E-state index in [2.05, 4.69) is 0 Å². The van der Waals surface area contributed by atoms with Crippen LogP contribution in [-0.2, 0) is 0 Å². The molecule has 3 rings (SSSR count). The number of rotatable bonds is 0. The smallest absolute Gasteiger partial charge is 0.379 e. The van der Waals surface area contributed by atoms with E-state index in [1.807, 2.05) is 20.8 Å². The van der Waals surface area contributed by atoms with E-state index >= 15 is 0 Å². The number of hydrogen-bond donors (Lipinski definition) is 0. The summed E-state index contributed by atoms with van der Waals surface area (Å²) in [5, 5.41) is 0.756. The van der Waals surface area contributed by atoms with Gasteiger partial charge in [0.05, 0.1) is 0 Å². The van der Waals surface area contributed by atoms with Crippen LogP contribution < -0.4 is 10.4 Å². The molecular weight excluding hydrogens is 247 g/mol. The third-order valence-corrected chi connectivity index (χ3v) is 4.10. The van der Waals surface area contributed by atoms with Crippen LogP contribution in [0.25, 0.3) is 11.0 Å². The van der Waals surface area contributed by atoms with E-state index in [0.29, 0.717) is 11.1 Å². The van der Waals surface area contributed by atoms with E-state index in [0.717, 1.165) is 10.9 Å². The van der Waals surface area contributed by atoms with Crippen LogP contribution in [0.5, 0.6) is 5.75 Å². The summed E-state index contributed by atoms with van der Waals surface area (Å²) in [5.74, 6) is -0.0728. The van der Waals surface area contributed by atoms with Gasteiger partial charge in [0.2, 0.25) is 5.75 Å². The van der Waals surface area contributed by atoms with Gasteiger partial charge in [0.1, 0.15) is 17.0 Å². The highest BCUT2D eigenvalue weighted by Gasteiger charge is 2.41. The molecule has 0 fully saturated rings. The maximum absolute atomic E-state index is 13.6. The van der Waals surface area contributed by atoms with Crippen molar-refractivity contribution in [3.8, 4) is 5.75 Å². The molecule has 1 aromatic heterocycles. The van der Waals surface area contributed by atoms with Crippen LogP contribution in [0.15, 0.2) is 21.3 Å². The molecule has 1 aromatic carbocycles. The van der Waals surface area contributed by atoms with Crippen molar-refractivity contribution in [2.45, 2.75) is 39.2 Å². The highest BCUT2D eigenvalue weighted by molar-refractivity contribution is 5.86. The van der Waals surface area contributed by atoms with Crippen LogP contribution in [0, 0.1) is 12.7 Å². The number of fused-ring (bicyclic) bond motifs is 3. The summed E-state index contributed by atoms with van der Waals surface area (Å²) in [6, 6.07) is 3.05. The summed E-state index contributed by atoms with van der Waals surface area (Å²) in [5.41, 5.74) is 0.493. The Bertz CT molecular complexity index is 743. The van der Waals surface area contributed by atoms with Crippen LogP contribution in [0.2, 0.25) is 0 Å². The van der Waals surface area contributed by atoms with E-state index in [1.165, 1.54) is 6.07 Å². The SMILES string of the molecule is Cc1c(F)ccc2c3c(c(=O)oc12)OC(C)(C)[C@H]3C. The van der Waals surface area contributed by atoms with Gasteiger partial charge in [-0.15, -0.1) is 0 Å². The molecule has 0 saturated carbocycles.